The van der Waals surface area contributed by atoms with E-state index in [-0.39, 0.29) is 35.6 Å². The summed E-state index contributed by atoms with van der Waals surface area (Å²) in [7, 11) is 1.48. The molecule has 0 saturated heterocycles. The van der Waals surface area contributed by atoms with E-state index in [0.29, 0.717) is 22.8 Å². The number of nitrogens with one attached hydrogen (secondary N) is 3. The summed E-state index contributed by atoms with van der Waals surface area (Å²) in [6.07, 6.45) is 1.40. The predicted octanol–water partition coefficient (Wildman–Crippen LogP) is 5.50. The Balaban J connectivity index is 1.48. The van der Waals surface area contributed by atoms with Crippen LogP contribution in [0.1, 0.15) is 53.2 Å². The third-order valence-corrected chi connectivity index (χ3v) is 5.80. The van der Waals surface area contributed by atoms with Crippen LogP contribution in [0.5, 0.6) is 11.5 Å². The van der Waals surface area contributed by atoms with E-state index in [2.05, 4.69) is 26.0 Å². The number of carbonyl (C=O) groups is 3. The van der Waals surface area contributed by atoms with Crippen molar-refractivity contribution in [1.29, 1.82) is 0 Å². The molecule has 0 radical (unpaired) electrons. The Kier molecular flexibility index (Phi) is 8.92. The molecule has 12 heteroatoms. The van der Waals surface area contributed by atoms with Gasteiger partial charge in [-0.2, -0.15) is 5.10 Å². The lowest BCUT2D eigenvalue weighted by atomic mass is 10.1. The van der Waals surface area contributed by atoms with Crippen molar-refractivity contribution in [1.82, 2.24) is 20.1 Å². The summed E-state index contributed by atoms with van der Waals surface area (Å²) in [5, 5.41) is 12.3. The highest BCUT2D eigenvalue weighted by atomic mass is 19.1. The highest BCUT2D eigenvalue weighted by molar-refractivity contribution is 5.99. The number of ether oxygens (including phenoxy) is 2. The van der Waals surface area contributed by atoms with Crippen molar-refractivity contribution in [3.8, 4) is 17.2 Å². The molecule has 2 aromatic heterocycles. The number of pyridine rings is 1. The van der Waals surface area contributed by atoms with E-state index in [1.165, 1.54) is 42.2 Å². The average molecular weight is 561 g/mol. The Bertz CT molecular complexity index is 1570. The number of rotatable bonds is 9. The average Bonchev–Trinajstić information content (AvgIpc) is 3.38. The third-order valence-electron chi connectivity index (χ3n) is 5.80. The van der Waals surface area contributed by atoms with Gasteiger partial charge in [-0.15, -0.1) is 0 Å². The highest BCUT2D eigenvalue weighted by Gasteiger charge is 2.17. The monoisotopic (exact) mass is 560 g/mol. The van der Waals surface area contributed by atoms with E-state index in [1.54, 1.807) is 37.3 Å². The first kappa shape index (κ1) is 28.7. The minimum absolute atomic E-state index is 0.0662. The van der Waals surface area contributed by atoms with Gasteiger partial charge in [0.1, 0.15) is 28.8 Å². The number of hydrogen-bond donors (Lipinski definition) is 3. The summed E-state index contributed by atoms with van der Waals surface area (Å²) < 4.78 is 27.1. The lowest BCUT2D eigenvalue weighted by Gasteiger charge is -2.12. The van der Waals surface area contributed by atoms with E-state index in [4.69, 9.17) is 9.47 Å². The molecule has 3 N–H and O–H groups in total. The fourth-order valence-corrected chi connectivity index (χ4v) is 3.71. The van der Waals surface area contributed by atoms with E-state index >= 15 is 0 Å². The quantitative estimate of drug-likeness (QED) is 0.230. The van der Waals surface area contributed by atoms with Gasteiger partial charge >= 0.3 is 12.0 Å². The molecule has 4 rings (SSSR count). The summed E-state index contributed by atoms with van der Waals surface area (Å²) in [6.45, 7) is 5.92. The van der Waals surface area contributed by atoms with Crippen LogP contribution in [-0.4, -0.2) is 46.3 Å². The van der Waals surface area contributed by atoms with Crippen molar-refractivity contribution in [2.24, 2.45) is 0 Å². The number of esters is 1. The van der Waals surface area contributed by atoms with Crippen LogP contribution in [0.3, 0.4) is 0 Å². The van der Waals surface area contributed by atoms with Crippen molar-refractivity contribution in [3.63, 3.8) is 0 Å². The molecule has 11 nitrogen and oxygen atoms in total. The van der Waals surface area contributed by atoms with Crippen molar-refractivity contribution >= 4 is 29.4 Å². The molecular formula is C29H29FN6O5. The minimum atomic E-state index is -0.732. The third kappa shape index (κ3) is 7.04. The number of anilines is 2. The van der Waals surface area contributed by atoms with Gasteiger partial charge in [0, 0.05) is 31.4 Å². The zero-order valence-corrected chi connectivity index (χ0v) is 22.9. The van der Waals surface area contributed by atoms with Gasteiger partial charge in [0.25, 0.3) is 5.91 Å². The summed E-state index contributed by atoms with van der Waals surface area (Å²) in [5.41, 5.74) is 1.78. The number of urea groups is 1. The SMILES string of the molecule is CCOC(=O)c1ccc(-n2nc(C(C)C)cc2NC(=O)Nc2ccc(Oc3ccnc(C(=O)NC)c3)cc2F)cc1. The number of benzene rings is 2. The van der Waals surface area contributed by atoms with Crippen molar-refractivity contribution < 1.29 is 28.2 Å². The van der Waals surface area contributed by atoms with E-state index in [1.807, 2.05) is 13.8 Å². The summed E-state index contributed by atoms with van der Waals surface area (Å²) >= 11 is 0. The van der Waals surface area contributed by atoms with Crippen molar-refractivity contribution in [3.05, 3.63) is 89.6 Å². The first-order valence-corrected chi connectivity index (χ1v) is 12.8. The smallest absolute Gasteiger partial charge is 0.338 e. The fourth-order valence-electron chi connectivity index (χ4n) is 3.71. The molecule has 0 aliphatic carbocycles. The number of carbonyl (C=O) groups excluding carboxylic acids is 3. The van der Waals surface area contributed by atoms with Crippen LogP contribution in [0.15, 0.2) is 66.9 Å². The van der Waals surface area contributed by atoms with Crippen LogP contribution in [-0.2, 0) is 4.74 Å². The van der Waals surface area contributed by atoms with Gasteiger partial charge in [-0.05, 0) is 55.3 Å². The maximum atomic E-state index is 14.9. The van der Waals surface area contributed by atoms with Crippen LogP contribution in [0.4, 0.5) is 20.7 Å². The predicted molar refractivity (Wildman–Crippen MR) is 150 cm³/mol. The Labute approximate surface area is 235 Å². The number of aromatic nitrogens is 3. The topological polar surface area (TPSA) is 136 Å². The Morgan fingerprint density at radius 2 is 1.71 bits per heavy atom. The van der Waals surface area contributed by atoms with Gasteiger partial charge in [-0.25, -0.2) is 18.7 Å². The molecule has 3 amide bonds. The van der Waals surface area contributed by atoms with E-state index in [0.717, 1.165) is 11.8 Å². The van der Waals surface area contributed by atoms with Crippen LogP contribution in [0, 0.1) is 5.82 Å². The van der Waals surface area contributed by atoms with Gasteiger partial charge < -0.3 is 20.1 Å². The molecule has 0 aliphatic heterocycles. The standard InChI is InChI=1S/C29H29FN6O5/c1-5-40-28(38)18-6-8-19(9-7-18)36-26(16-24(35-36)17(2)3)34-29(39)33-23-11-10-20(14-22(23)30)41-21-12-13-32-25(15-21)27(37)31-4/h6-17H,5H2,1-4H3,(H,31,37)(H2,33,34,39). The van der Waals surface area contributed by atoms with Gasteiger partial charge in [0.2, 0.25) is 0 Å². The van der Waals surface area contributed by atoms with Crippen molar-refractivity contribution in [2.45, 2.75) is 26.7 Å². The molecule has 212 valence electrons. The molecule has 0 atom stereocenters. The molecule has 41 heavy (non-hydrogen) atoms. The van der Waals surface area contributed by atoms with Crippen molar-refractivity contribution in [2.75, 3.05) is 24.3 Å². The Morgan fingerprint density at radius 1 is 0.976 bits per heavy atom. The normalized spacial score (nSPS) is 10.7. The van der Waals surface area contributed by atoms with Crippen LogP contribution < -0.4 is 20.7 Å². The molecule has 0 saturated carbocycles. The lowest BCUT2D eigenvalue weighted by molar-refractivity contribution is 0.0526. The molecule has 0 spiro atoms. The van der Waals surface area contributed by atoms with E-state index in [9.17, 15) is 18.8 Å². The fraction of sp³-hybridized carbons (Fsp3) is 0.207. The molecule has 2 aromatic carbocycles. The largest absolute Gasteiger partial charge is 0.462 e. The second kappa shape index (κ2) is 12.7. The highest BCUT2D eigenvalue weighted by Crippen LogP contribution is 2.27. The molecule has 0 fully saturated rings. The maximum absolute atomic E-state index is 14.9. The first-order chi connectivity index (χ1) is 19.7. The second-order valence-corrected chi connectivity index (χ2v) is 9.07. The number of amides is 3. The van der Waals surface area contributed by atoms with Crippen LogP contribution in [0.2, 0.25) is 0 Å². The van der Waals surface area contributed by atoms with Gasteiger partial charge in [0.15, 0.2) is 0 Å². The maximum Gasteiger partial charge on any atom is 0.338 e. The second-order valence-electron chi connectivity index (χ2n) is 9.07. The summed E-state index contributed by atoms with van der Waals surface area (Å²) in [6, 6.07) is 14.5. The van der Waals surface area contributed by atoms with Crippen LogP contribution in [0.25, 0.3) is 5.69 Å². The molecule has 2 heterocycles. The summed E-state index contributed by atoms with van der Waals surface area (Å²) in [5.74, 6) is -0.689. The molecule has 4 aromatic rings. The lowest BCUT2D eigenvalue weighted by Crippen LogP contribution is -2.22. The van der Waals surface area contributed by atoms with Crippen LogP contribution >= 0.6 is 0 Å². The molecular weight excluding hydrogens is 531 g/mol. The first-order valence-electron chi connectivity index (χ1n) is 12.8. The minimum Gasteiger partial charge on any atom is -0.462 e. The molecule has 0 bridgehead atoms. The van der Waals surface area contributed by atoms with E-state index < -0.39 is 17.8 Å². The Morgan fingerprint density at radius 3 is 2.37 bits per heavy atom. The Hall–Kier alpha value is -5.26. The molecule has 0 unspecified atom stereocenters. The number of hydrogen-bond acceptors (Lipinski definition) is 7. The van der Waals surface area contributed by atoms with Gasteiger partial charge in [-0.1, -0.05) is 13.8 Å². The zero-order valence-electron chi connectivity index (χ0n) is 22.9. The number of nitrogens with zero attached hydrogens (tertiary/aromatic N) is 3. The van der Waals surface area contributed by atoms with Gasteiger partial charge in [0.05, 0.1) is 29.2 Å². The zero-order chi connectivity index (χ0) is 29.5. The molecule has 0 aliphatic rings. The van der Waals surface area contributed by atoms with Gasteiger partial charge in [-0.3, -0.25) is 15.1 Å². The summed E-state index contributed by atoms with van der Waals surface area (Å²) in [4.78, 5) is 40.6. The number of halogens is 1.